The van der Waals surface area contributed by atoms with E-state index in [1.165, 1.54) is 38.8 Å². The molecule has 0 amide bonds. The Morgan fingerprint density at radius 2 is 1.69 bits per heavy atom. The fraction of sp³-hybridized carbons (Fsp3) is 1.00. The fourth-order valence-corrected chi connectivity index (χ4v) is 1.32. The van der Waals surface area contributed by atoms with Crippen LogP contribution in [0.4, 0.5) is 0 Å². The highest BCUT2D eigenvalue weighted by atomic mass is 15.1. The van der Waals surface area contributed by atoms with Gasteiger partial charge in [-0.15, -0.1) is 0 Å². The molecule has 0 aromatic carbocycles. The van der Waals surface area contributed by atoms with Crippen molar-refractivity contribution in [3.05, 3.63) is 0 Å². The summed E-state index contributed by atoms with van der Waals surface area (Å²) >= 11 is 0. The third-order valence-electron chi connectivity index (χ3n) is 2.24. The molecule has 0 bridgehead atoms. The summed E-state index contributed by atoms with van der Waals surface area (Å²) in [7, 11) is 2.21. The average Bonchev–Trinajstić information content (AvgIpc) is 2.13. The van der Waals surface area contributed by atoms with E-state index in [0.29, 0.717) is 0 Å². The Kier molecular flexibility index (Phi) is 9.94. The van der Waals surface area contributed by atoms with Crippen LogP contribution in [0, 0.1) is 0 Å². The monoisotopic (exact) mass is 186 g/mol. The van der Waals surface area contributed by atoms with Gasteiger partial charge in [-0.2, -0.15) is 0 Å². The molecule has 2 nitrogen and oxygen atoms in total. The van der Waals surface area contributed by atoms with Gasteiger partial charge in [0.05, 0.1) is 0 Å². The summed E-state index contributed by atoms with van der Waals surface area (Å²) in [6, 6.07) is 0. The van der Waals surface area contributed by atoms with E-state index < -0.39 is 0 Å². The van der Waals surface area contributed by atoms with Crippen molar-refractivity contribution in [2.24, 2.45) is 0 Å². The van der Waals surface area contributed by atoms with E-state index in [2.05, 4.69) is 31.1 Å². The maximum absolute atomic E-state index is 3.41. The molecule has 13 heavy (non-hydrogen) atoms. The molecule has 0 spiro atoms. The second-order valence-electron chi connectivity index (χ2n) is 3.76. The van der Waals surface area contributed by atoms with E-state index in [0.717, 1.165) is 13.1 Å². The first-order valence-electron chi connectivity index (χ1n) is 5.70. The number of nitrogens with zero attached hydrogens (tertiary/aromatic N) is 1. The van der Waals surface area contributed by atoms with Crippen molar-refractivity contribution >= 4 is 0 Å². The van der Waals surface area contributed by atoms with Crippen LogP contribution in [-0.4, -0.2) is 38.1 Å². The average molecular weight is 186 g/mol. The zero-order valence-corrected chi connectivity index (χ0v) is 9.60. The molecule has 0 saturated heterocycles. The topological polar surface area (TPSA) is 15.3 Å². The zero-order chi connectivity index (χ0) is 9.94. The minimum Gasteiger partial charge on any atom is -0.315 e. The molecule has 0 saturated carbocycles. The number of rotatable bonds is 9. The van der Waals surface area contributed by atoms with Crippen molar-refractivity contribution in [1.82, 2.24) is 10.2 Å². The lowest BCUT2D eigenvalue weighted by Gasteiger charge is -2.16. The molecule has 1 N–H and O–H groups in total. The first-order valence-corrected chi connectivity index (χ1v) is 5.70. The van der Waals surface area contributed by atoms with Crippen LogP contribution in [0.2, 0.25) is 0 Å². The third kappa shape index (κ3) is 9.84. The molecule has 2 heteroatoms. The number of likely N-dealkylation sites (N-methyl/N-ethyl adjacent to an activating group) is 1. The van der Waals surface area contributed by atoms with Gasteiger partial charge in [0.15, 0.2) is 0 Å². The maximum Gasteiger partial charge on any atom is 0.0104 e. The first kappa shape index (κ1) is 12.9. The summed E-state index contributed by atoms with van der Waals surface area (Å²) in [5, 5.41) is 3.41. The highest BCUT2D eigenvalue weighted by Gasteiger charge is 1.96. The van der Waals surface area contributed by atoms with Crippen LogP contribution >= 0.6 is 0 Å². The standard InChI is InChI=1S/C11H26N2/c1-4-6-7-10-13(3)11-9-12-8-5-2/h12H,4-11H2,1-3H3. The lowest BCUT2D eigenvalue weighted by molar-refractivity contribution is 0.323. The summed E-state index contributed by atoms with van der Waals surface area (Å²) in [5.41, 5.74) is 0. The Morgan fingerprint density at radius 3 is 2.31 bits per heavy atom. The predicted octanol–water partition coefficient (Wildman–Crippen LogP) is 2.11. The molecule has 0 radical (unpaired) electrons. The van der Waals surface area contributed by atoms with Crippen molar-refractivity contribution in [2.75, 3.05) is 33.2 Å². The molecule has 0 atom stereocenters. The minimum absolute atomic E-state index is 1.14. The molecular weight excluding hydrogens is 160 g/mol. The Bertz CT molecular complexity index is 94.1. The van der Waals surface area contributed by atoms with Gasteiger partial charge in [0.1, 0.15) is 0 Å². The predicted molar refractivity (Wildman–Crippen MR) is 60.2 cm³/mol. The van der Waals surface area contributed by atoms with Crippen molar-refractivity contribution in [1.29, 1.82) is 0 Å². The van der Waals surface area contributed by atoms with E-state index >= 15 is 0 Å². The van der Waals surface area contributed by atoms with Crippen molar-refractivity contribution in [3.8, 4) is 0 Å². The molecule has 0 aliphatic carbocycles. The molecule has 0 aromatic rings. The van der Waals surface area contributed by atoms with Gasteiger partial charge in [0.2, 0.25) is 0 Å². The van der Waals surface area contributed by atoms with Gasteiger partial charge in [0.25, 0.3) is 0 Å². The lowest BCUT2D eigenvalue weighted by Crippen LogP contribution is -2.30. The summed E-state index contributed by atoms with van der Waals surface area (Å²) in [6.45, 7) is 9.19. The first-order chi connectivity index (χ1) is 6.31. The van der Waals surface area contributed by atoms with Gasteiger partial charge in [-0.25, -0.2) is 0 Å². The Hall–Kier alpha value is -0.0800. The molecule has 0 aliphatic rings. The second kappa shape index (κ2) is 10.0. The van der Waals surface area contributed by atoms with E-state index in [1.54, 1.807) is 0 Å². The number of unbranched alkanes of at least 4 members (excludes halogenated alkanes) is 2. The smallest absolute Gasteiger partial charge is 0.0104 e. The molecule has 0 fully saturated rings. The number of hydrogen-bond acceptors (Lipinski definition) is 2. The van der Waals surface area contributed by atoms with Crippen LogP contribution in [0.15, 0.2) is 0 Å². The van der Waals surface area contributed by atoms with Crippen LogP contribution in [0.25, 0.3) is 0 Å². The van der Waals surface area contributed by atoms with Gasteiger partial charge in [0, 0.05) is 13.1 Å². The van der Waals surface area contributed by atoms with Gasteiger partial charge in [-0.05, 0) is 33.0 Å². The van der Waals surface area contributed by atoms with Crippen LogP contribution in [0.5, 0.6) is 0 Å². The Balaban J connectivity index is 3.05. The molecular formula is C11H26N2. The molecule has 0 unspecified atom stereocenters. The van der Waals surface area contributed by atoms with E-state index in [-0.39, 0.29) is 0 Å². The second-order valence-corrected chi connectivity index (χ2v) is 3.76. The van der Waals surface area contributed by atoms with Gasteiger partial charge in [-0.3, -0.25) is 0 Å². The summed E-state index contributed by atoms with van der Waals surface area (Å²) in [5.74, 6) is 0. The van der Waals surface area contributed by atoms with Gasteiger partial charge < -0.3 is 10.2 Å². The Labute approximate surface area is 83.7 Å². The zero-order valence-electron chi connectivity index (χ0n) is 9.60. The number of nitrogens with one attached hydrogen (secondary N) is 1. The van der Waals surface area contributed by atoms with Gasteiger partial charge >= 0.3 is 0 Å². The van der Waals surface area contributed by atoms with E-state index in [4.69, 9.17) is 0 Å². The lowest BCUT2D eigenvalue weighted by atomic mass is 10.2. The normalized spacial score (nSPS) is 11.1. The van der Waals surface area contributed by atoms with Crippen LogP contribution in [0.3, 0.4) is 0 Å². The summed E-state index contributed by atoms with van der Waals surface area (Å²) < 4.78 is 0. The van der Waals surface area contributed by atoms with E-state index in [9.17, 15) is 0 Å². The minimum atomic E-state index is 1.14. The summed E-state index contributed by atoms with van der Waals surface area (Å²) in [6.07, 6.45) is 5.27. The third-order valence-corrected chi connectivity index (χ3v) is 2.24. The van der Waals surface area contributed by atoms with Crippen LogP contribution in [-0.2, 0) is 0 Å². The van der Waals surface area contributed by atoms with E-state index in [1.807, 2.05) is 0 Å². The largest absolute Gasteiger partial charge is 0.315 e. The molecule has 0 heterocycles. The summed E-state index contributed by atoms with van der Waals surface area (Å²) in [4.78, 5) is 2.42. The van der Waals surface area contributed by atoms with Crippen LogP contribution < -0.4 is 5.32 Å². The fourth-order valence-electron chi connectivity index (χ4n) is 1.32. The van der Waals surface area contributed by atoms with Crippen molar-refractivity contribution in [2.45, 2.75) is 39.5 Å². The quantitative estimate of drug-likeness (QED) is 0.555. The SMILES string of the molecule is CCCCCN(C)CCNCCC. The highest BCUT2D eigenvalue weighted by Crippen LogP contribution is 1.95. The molecule has 0 aromatic heterocycles. The van der Waals surface area contributed by atoms with Gasteiger partial charge in [-0.1, -0.05) is 26.7 Å². The molecule has 80 valence electrons. The Morgan fingerprint density at radius 1 is 0.923 bits per heavy atom. The van der Waals surface area contributed by atoms with Crippen molar-refractivity contribution < 1.29 is 0 Å². The van der Waals surface area contributed by atoms with Crippen LogP contribution in [0.1, 0.15) is 39.5 Å². The highest BCUT2D eigenvalue weighted by molar-refractivity contribution is 4.54. The number of hydrogen-bond donors (Lipinski definition) is 1. The van der Waals surface area contributed by atoms with Crippen molar-refractivity contribution in [3.63, 3.8) is 0 Å². The molecule has 0 rings (SSSR count). The maximum atomic E-state index is 3.41. The molecule has 0 aliphatic heterocycles.